The van der Waals surface area contributed by atoms with Crippen molar-refractivity contribution in [3.05, 3.63) is 78.1 Å². The number of phenols is 2. The summed E-state index contributed by atoms with van der Waals surface area (Å²) in [5.74, 6) is -0.926. The summed E-state index contributed by atoms with van der Waals surface area (Å²) in [7, 11) is 1.43. The zero-order chi connectivity index (χ0) is 25.7. The van der Waals surface area contributed by atoms with Crippen LogP contribution in [0.1, 0.15) is 12.0 Å². The second-order valence-electron chi connectivity index (χ2n) is 7.61. The van der Waals surface area contributed by atoms with Gasteiger partial charge in [0.25, 0.3) is 0 Å². The van der Waals surface area contributed by atoms with E-state index < -0.39 is 17.0 Å². The molecule has 0 radical (unpaired) electrons. The van der Waals surface area contributed by atoms with Crippen LogP contribution in [0.15, 0.2) is 76.9 Å². The third-order valence-corrected chi connectivity index (χ3v) is 6.22. The molecule has 3 aromatic rings. The van der Waals surface area contributed by atoms with E-state index in [4.69, 9.17) is 4.74 Å². The minimum absolute atomic E-state index is 0.0156. The molecule has 1 unspecified atom stereocenters. The molecule has 1 fully saturated rings. The SMILES string of the molecule is COc1cc(/C=N/N=C2SC(CC(=O)Nc3ccc(F)cc3)C(=O)N2c2ccc(O)cc2)ccc1O. The number of halogens is 1. The summed E-state index contributed by atoms with van der Waals surface area (Å²) in [4.78, 5) is 27.1. The number of anilines is 2. The largest absolute Gasteiger partial charge is 0.508 e. The van der Waals surface area contributed by atoms with Gasteiger partial charge in [-0.05, 0) is 72.3 Å². The molecule has 1 atom stereocenters. The lowest BCUT2D eigenvalue weighted by atomic mass is 10.2. The molecular formula is C25H21FN4O5S. The van der Waals surface area contributed by atoms with Gasteiger partial charge in [-0.3, -0.25) is 14.5 Å². The fourth-order valence-electron chi connectivity index (χ4n) is 3.34. The van der Waals surface area contributed by atoms with Gasteiger partial charge in [0, 0.05) is 12.1 Å². The van der Waals surface area contributed by atoms with Gasteiger partial charge in [-0.15, -0.1) is 5.10 Å². The Kier molecular flexibility index (Phi) is 7.50. The van der Waals surface area contributed by atoms with Crippen molar-refractivity contribution in [3.8, 4) is 17.2 Å². The number of nitrogens with zero attached hydrogens (tertiary/aromatic N) is 3. The number of aromatic hydroxyl groups is 2. The molecule has 184 valence electrons. The van der Waals surface area contributed by atoms with Gasteiger partial charge in [-0.25, -0.2) is 4.39 Å². The maximum atomic E-state index is 13.2. The topological polar surface area (TPSA) is 124 Å². The van der Waals surface area contributed by atoms with Crippen LogP contribution in [-0.4, -0.2) is 45.8 Å². The highest BCUT2D eigenvalue weighted by Gasteiger charge is 2.40. The first-order valence-electron chi connectivity index (χ1n) is 10.7. The van der Waals surface area contributed by atoms with E-state index in [9.17, 15) is 24.2 Å². The van der Waals surface area contributed by atoms with Crippen molar-refractivity contribution in [2.75, 3.05) is 17.3 Å². The summed E-state index contributed by atoms with van der Waals surface area (Å²) in [6.07, 6.45) is 1.29. The third kappa shape index (κ3) is 5.81. The van der Waals surface area contributed by atoms with E-state index in [2.05, 4.69) is 15.5 Å². The minimum atomic E-state index is -0.776. The summed E-state index contributed by atoms with van der Waals surface area (Å²) in [5.41, 5.74) is 1.47. The molecule has 36 heavy (non-hydrogen) atoms. The predicted molar refractivity (Wildman–Crippen MR) is 136 cm³/mol. The number of nitrogens with one attached hydrogen (secondary N) is 1. The number of benzene rings is 3. The molecule has 3 N–H and O–H groups in total. The smallest absolute Gasteiger partial charge is 0.247 e. The van der Waals surface area contributed by atoms with Crippen molar-refractivity contribution in [1.82, 2.24) is 0 Å². The number of phenolic OH excluding ortho intramolecular Hbond substituents is 2. The van der Waals surface area contributed by atoms with Crippen LogP contribution < -0.4 is 15.0 Å². The highest BCUT2D eigenvalue weighted by molar-refractivity contribution is 8.16. The molecule has 0 aromatic heterocycles. The van der Waals surface area contributed by atoms with Crippen molar-refractivity contribution < 1.29 is 28.9 Å². The van der Waals surface area contributed by atoms with Crippen LogP contribution in [0, 0.1) is 5.82 Å². The number of ether oxygens (including phenoxy) is 1. The lowest BCUT2D eigenvalue weighted by Crippen LogP contribution is -2.33. The molecule has 1 saturated heterocycles. The number of amidine groups is 1. The van der Waals surface area contributed by atoms with Crippen LogP contribution in [0.25, 0.3) is 0 Å². The van der Waals surface area contributed by atoms with E-state index in [1.807, 2.05) is 0 Å². The fraction of sp³-hybridized carbons (Fsp3) is 0.120. The van der Waals surface area contributed by atoms with Crippen molar-refractivity contribution in [3.63, 3.8) is 0 Å². The molecule has 2 amide bonds. The van der Waals surface area contributed by atoms with Gasteiger partial charge in [0.15, 0.2) is 16.7 Å². The first-order valence-corrected chi connectivity index (χ1v) is 11.5. The maximum absolute atomic E-state index is 13.2. The molecule has 9 nitrogen and oxygen atoms in total. The monoisotopic (exact) mass is 508 g/mol. The lowest BCUT2D eigenvalue weighted by molar-refractivity contribution is -0.121. The number of amides is 2. The quantitative estimate of drug-likeness (QED) is 0.326. The van der Waals surface area contributed by atoms with E-state index in [1.54, 1.807) is 24.3 Å². The minimum Gasteiger partial charge on any atom is -0.508 e. The Labute approximate surface area is 209 Å². The summed E-state index contributed by atoms with van der Waals surface area (Å²) < 4.78 is 18.2. The number of rotatable bonds is 7. The standard InChI is InChI=1S/C25H21FN4O5S/c1-35-21-12-15(2-11-20(21)32)14-27-29-25-30(18-7-9-19(31)10-8-18)24(34)22(36-25)13-23(33)28-17-5-3-16(26)4-6-17/h2-12,14,22,31-32H,13H2,1H3,(H,28,33)/b27-14+,29-25?. The number of carbonyl (C=O) groups is 2. The summed E-state index contributed by atoms with van der Waals surface area (Å²) in [5, 5.41) is 29.7. The molecule has 0 spiro atoms. The molecule has 3 aromatic carbocycles. The predicted octanol–water partition coefficient (Wildman–Crippen LogP) is 4.11. The average Bonchev–Trinajstić information content (AvgIpc) is 3.16. The summed E-state index contributed by atoms with van der Waals surface area (Å²) in [6.45, 7) is 0. The second-order valence-corrected chi connectivity index (χ2v) is 8.78. The molecule has 4 rings (SSSR count). The van der Waals surface area contributed by atoms with Crippen molar-refractivity contribution >= 4 is 46.3 Å². The van der Waals surface area contributed by atoms with Crippen LogP contribution in [0.5, 0.6) is 17.2 Å². The molecule has 1 heterocycles. The van der Waals surface area contributed by atoms with E-state index in [-0.39, 0.29) is 34.7 Å². The number of hydrogen-bond acceptors (Lipinski definition) is 8. The summed E-state index contributed by atoms with van der Waals surface area (Å²) >= 11 is 1.08. The van der Waals surface area contributed by atoms with Gasteiger partial charge in [0.05, 0.1) is 19.0 Å². The average molecular weight is 509 g/mol. The normalized spacial score (nSPS) is 16.6. The van der Waals surface area contributed by atoms with E-state index in [0.717, 1.165) is 11.8 Å². The first-order chi connectivity index (χ1) is 17.3. The summed E-state index contributed by atoms with van der Waals surface area (Å²) in [6, 6.07) is 15.9. The van der Waals surface area contributed by atoms with Gasteiger partial charge >= 0.3 is 0 Å². The Hall–Kier alpha value is -4.38. The Morgan fingerprint density at radius 1 is 1.14 bits per heavy atom. The fourth-order valence-corrected chi connectivity index (χ4v) is 4.43. The zero-order valence-corrected chi connectivity index (χ0v) is 19.8. The zero-order valence-electron chi connectivity index (χ0n) is 19.0. The Bertz CT molecular complexity index is 1330. The number of methoxy groups -OCH3 is 1. The molecule has 1 aliphatic heterocycles. The van der Waals surface area contributed by atoms with Gasteiger partial charge in [0.2, 0.25) is 11.8 Å². The third-order valence-electron chi connectivity index (χ3n) is 5.10. The van der Waals surface area contributed by atoms with Gasteiger partial charge in [-0.1, -0.05) is 11.8 Å². The highest BCUT2D eigenvalue weighted by Crippen LogP contribution is 2.34. The van der Waals surface area contributed by atoms with Crippen LogP contribution in [0.3, 0.4) is 0 Å². The molecule has 1 aliphatic rings. The van der Waals surface area contributed by atoms with Crippen LogP contribution >= 0.6 is 11.8 Å². The lowest BCUT2D eigenvalue weighted by Gasteiger charge is -2.16. The van der Waals surface area contributed by atoms with Gasteiger partial charge < -0.3 is 20.3 Å². The van der Waals surface area contributed by atoms with Gasteiger partial charge in [-0.2, -0.15) is 5.10 Å². The Morgan fingerprint density at radius 3 is 2.56 bits per heavy atom. The molecule has 11 heteroatoms. The van der Waals surface area contributed by atoms with Crippen LogP contribution in [-0.2, 0) is 9.59 Å². The maximum Gasteiger partial charge on any atom is 0.247 e. The Balaban J connectivity index is 1.55. The number of thioether (sulfide) groups is 1. The van der Waals surface area contributed by atoms with E-state index in [1.165, 1.54) is 60.7 Å². The first kappa shape index (κ1) is 24.7. The number of hydrogen-bond donors (Lipinski definition) is 3. The highest BCUT2D eigenvalue weighted by atomic mass is 32.2. The van der Waals surface area contributed by atoms with Crippen molar-refractivity contribution in [2.45, 2.75) is 11.7 Å². The van der Waals surface area contributed by atoms with Crippen LogP contribution in [0.2, 0.25) is 0 Å². The number of carbonyl (C=O) groups excluding carboxylic acids is 2. The molecule has 0 bridgehead atoms. The Morgan fingerprint density at radius 2 is 1.86 bits per heavy atom. The van der Waals surface area contributed by atoms with Crippen molar-refractivity contribution in [1.29, 1.82) is 0 Å². The van der Waals surface area contributed by atoms with Crippen LogP contribution in [0.4, 0.5) is 15.8 Å². The molecule has 0 aliphatic carbocycles. The van der Waals surface area contributed by atoms with Crippen molar-refractivity contribution in [2.24, 2.45) is 10.2 Å². The molecular weight excluding hydrogens is 487 g/mol. The van der Waals surface area contributed by atoms with E-state index >= 15 is 0 Å². The second kappa shape index (κ2) is 10.9. The van der Waals surface area contributed by atoms with Gasteiger partial charge in [0.1, 0.15) is 16.8 Å². The van der Waals surface area contributed by atoms with E-state index in [0.29, 0.717) is 16.9 Å². The molecule has 0 saturated carbocycles.